The summed E-state index contributed by atoms with van der Waals surface area (Å²) in [5.41, 5.74) is 1.70. The van der Waals surface area contributed by atoms with E-state index in [-0.39, 0.29) is 13.2 Å². The molecule has 4 atom stereocenters. The minimum absolute atomic E-state index is 0.0468. The molecule has 0 amide bonds. The van der Waals surface area contributed by atoms with Crippen molar-refractivity contribution in [3.63, 3.8) is 0 Å². The monoisotopic (exact) mass is 552 g/mol. The van der Waals surface area contributed by atoms with Crippen LogP contribution < -0.4 is 0 Å². The van der Waals surface area contributed by atoms with E-state index in [0.29, 0.717) is 16.7 Å². The molecule has 1 heterocycles. The van der Waals surface area contributed by atoms with Gasteiger partial charge in [-0.25, -0.2) is 14.4 Å². The van der Waals surface area contributed by atoms with Crippen LogP contribution in [0.5, 0.6) is 0 Å². The van der Waals surface area contributed by atoms with Gasteiger partial charge in [0.05, 0.1) is 23.3 Å². The number of hydrogen-bond donors (Lipinski definition) is 0. The Bertz CT molecular complexity index is 1430. The Labute approximate surface area is 237 Å². The summed E-state index contributed by atoms with van der Waals surface area (Å²) in [5.74, 6) is -1.85. The van der Waals surface area contributed by atoms with Crippen LogP contribution in [-0.4, -0.2) is 49.4 Å². The summed E-state index contributed by atoms with van der Waals surface area (Å²) in [5, 5.41) is 0. The van der Waals surface area contributed by atoms with E-state index in [1.54, 1.807) is 91.0 Å². The third-order valence-electron chi connectivity index (χ3n) is 6.42. The molecule has 8 nitrogen and oxygen atoms in total. The second-order valence-electron chi connectivity index (χ2n) is 9.26. The SMILES string of the molecule is O=C(OC[C@@H](OC(=O)c1ccccc1)[C@@H]1O[C@H](c2ccccc2)OC[C@H]1OC(=O)c1ccccc1)c1ccccc1. The highest BCUT2D eigenvalue weighted by atomic mass is 16.7. The zero-order valence-electron chi connectivity index (χ0n) is 22.0. The van der Waals surface area contributed by atoms with E-state index in [1.165, 1.54) is 0 Å². The zero-order chi connectivity index (χ0) is 28.4. The highest BCUT2D eigenvalue weighted by Crippen LogP contribution is 2.31. The van der Waals surface area contributed by atoms with E-state index in [9.17, 15) is 14.4 Å². The topological polar surface area (TPSA) is 97.4 Å². The molecule has 0 aromatic heterocycles. The lowest BCUT2D eigenvalue weighted by Gasteiger charge is -2.39. The molecule has 0 N–H and O–H groups in total. The molecule has 4 aromatic rings. The summed E-state index contributed by atoms with van der Waals surface area (Å²) in [4.78, 5) is 39.0. The lowest BCUT2D eigenvalue weighted by Crippen LogP contribution is -2.52. The van der Waals surface area contributed by atoms with Crippen molar-refractivity contribution in [2.24, 2.45) is 0 Å². The van der Waals surface area contributed by atoms with Gasteiger partial charge in [0.25, 0.3) is 0 Å². The van der Waals surface area contributed by atoms with Crippen LogP contribution in [0.3, 0.4) is 0 Å². The third kappa shape index (κ3) is 7.25. The molecule has 0 unspecified atom stereocenters. The molecule has 208 valence electrons. The molecule has 5 rings (SSSR count). The highest BCUT2D eigenvalue weighted by molar-refractivity contribution is 5.90. The fourth-order valence-corrected chi connectivity index (χ4v) is 4.33. The Morgan fingerprint density at radius 2 is 1.15 bits per heavy atom. The van der Waals surface area contributed by atoms with Crippen molar-refractivity contribution in [3.05, 3.63) is 144 Å². The maximum atomic E-state index is 13.2. The summed E-state index contributed by atoms with van der Waals surface area (Å²) < 4.78 is 29.5. The Morgan fingerprint density at radius 1 is 0.659 bits per heavy atom. The summed E-state index contributed by atoms with van der Waals surface area (Å²) in [6, 6.07) is 34.6. The van der Waals surface area contributed by atoms with Gasteiger partial charge in [0.1, 0.15) is 12.7 Å². The lowest BCUT2D eigenvalue weighted by atomic mass is 10.1. The molecule has 1 saturated heterocycles. The van der Waals surface area contributed by atoms with Crippen molar-refractivity contribution in [2.45, 2.75) is 24.6 Å². The number of carbonyl (C=O) groups excluding carboxylic acids is 3. The van der Waals surface area contributed by atoms with Crippen LogP contribution in [-0.2, 0) is 23.7 Å². The molecule has 1 aliphatic rings. The normalized spacial score (nSPS) is 19.0. The number of benzene rings is 4. The van der Waals surface area contributed by atoms with E-state index in [0.717, 1.165) is 5.56 Å². The molecule has 0 bridgehead atoms. The molecule has 8 heteroatoms. The summed E-state index contributed by atoms with van der Waals surface area (Å²) in [6.45, 7) is -0.396. The average molecular weight is 553 g/mol. The zero-order valence-corrected chi connectivity index (χ0v) is 22.0. The number of carbonyl (C=O) groups is 3. The fraction of sp³-hybridized carbons (Fsp3) is 0.182. The molecule has 0 radical (unpaired) electrons. The van der Waals surface area contributed by atoms with Gasteiger partial charge in [0.2, 0.25) is 0 Å². The van der Waals surface area contributed by atoms with E-state index in [1.807, 2.05) is 30.3 Å². The molecule has 0 spiro atoms. The van der Waals surface area contributed by atoms with Crippen LogP contribution in [0, 0.1) is 0 Å². The molecular weight excluding hydrogens is 524 g/mol. The van der Waals surface area contributed by atoms with Gasteiger partial charge in [-0.2, -0.15) is 0 Å². The average Bonchev–Trinajstić information content (AvgIpc) is 3.04. The first kappa shape index (κ1) is 27.8. The van der Waals surface area contributed by atoms with Gasteiger partial charge in [-0.1, -0.05) is 84.9 Å². The van der Waals surface area contributed by atoms with Crippen molar-refractivity contribution in [1.82, 2.24) is 0 Å². The first-order chi connectivity index (χ1) is 20.1. The predicted octanol–water partition coefficient (Wildman–Crippen LogP) is 5.41. The highest BCUT2D eigenvalue weighted by Gasteiger charge is 2.43. The molecule has 0 saturated carbocycles. The minimum Gasteiger partial charge on any atom is -0.458 e. The number of hydrogen-bond acceptors (Lipinski definition) is 8. The van der Waals surface area contributed by atoms with Crippen LogP contribution in [0.1, 0.15) is 42.9 Å². The van der Waals surface area contributed by atoms with Crippen molar-refractivity contribution < 1.29 is 38.1 Å². The standard InChI is InChI=1S/C33H28O8/c34-30(23-13-5-1-6-14-23)37-21-27(39-31(35)24-15-7-2-8-16-24)29-28(40-32(36)25-17-9-3-10-18-25)22-38-33(41-29)26-19-11-4-12-20-26/h1-20,27-29,33H,21-22H2/t27-,28-,29+,33-/m1/s1. The van der Waals surface area contributed by atoms with Crippen LogP contribution in [0.2, 0.25) is 0 Å². The maximum absolute atomic E-state index is 13.2. The van der Waals surface area contributed by atoms with E-state index < -0.39 is 42.5 Å². The van der Waals surface area contributed by atoms with Crippen molar-refractivity contribution in [1.29, 1.82) is 0 Å². The van der Waals surface area contributed by atoms with Crippen LogP contribution in [0.4, 0.5) is 0 Å². The van der Waals surface area contributed by atoms with Crippen molar-refractivity contribution in [3.8, 4) is 0 Å². The molecule has 1 aliphatic heterocycles. The van der Waals surface area contributed by atoms with Crippen LogP contribution in [0.15, 0.2) is 121 Å². The van der Waals surface area contributed by atoms with E-state index in [4.69, 9.17) is 23.7 Å². The van der Waals surface area contributed by atoms with E-state index in [2.05, 4.69) is 0 Å². The Kier molecular flexibility index (Phi) is 9.15. The lowest BCUT2D eigenvalue weighted by molar-refractivity contribution is -0.276. The maximum Gasteiger partial charge on any atom is 0.338 e. The van der Waals surface area contributed by atoms with Gasteiger partial charge < -0.3 is 23.7 Å². The van der Waals surface area contributed by atoms with Gasteiger partial charge in [-0.3, -0.25) is 0 Å². The molecule has 1 fully saturated rings. The fourth-order valence-electron chi connectivity index (χ4n) is 4.33. The molecule has 41 heavy (non-hydrogen) atoms. The summed E-state index contributed by atoms with van der Waals surface area (Å²) >= 11 is 0. The largest absolute Gasteiger partial charge is 0.458 e. The predicted molar refractivity (Wildman–Crippen MR) is 148 cm³/mol. The summed E-state index contributed by atoms with van der Waals surface area (Å²) in [7, 11) is 0. The summed E-state index contributed by atoms with van der Waals surface area (Å²) in [6.07, 6.45) is -3.99. The Hall–Kier alpha value is -4.79. The van der Waals surface area contributed by atoms with Gasteiger partial charge in [-0.05, 0) is 36.4 Å². The Morgan fingerprint density at radius 3 is 1.71 bits per heavy atom. The van der Waals surface area contributed by atoms with Crippen LogP contribution in [0.25, 0.3) is 0 Å². The number of ether oxygens (including phenoxy) is 5. The van der Waals surface area contributed by atoms with E-state index >= 15 is 0 Å². The minimum atomic E-state index is -1.14. The Balaban J connectivity index is 1.43. The van der Waals surface area contributed by atoms with Crippen molar-refractivity contribution in [2.75, 3.05) is 13.2 Å². The second kappa shape index (κ2) is 13.5. The smallest absolute Gasteiger partial charge is 0.338 e. The first-order valence-electron chi connectivity index (χ1n) is 13.1. The van der Waals surface area contributed by atoms with Gasteiger partial charge in [-0.15, -0.1) is 0 Å². The van der Waals surface area contributed by atoms with Gasteiger partial charge in [0.15, 0.2) is 18.5 Å². The molecule has 0 aliphatic carbocycles. The number of rotatable bonds is 9. The van der Waals surface area contributed by atoms with Gasteiger partial charge >= 0.3 is 17.9 Å². The second-order valence-corrected chi connectivity index (χ2v) is 9.26. The quantitative estimate of drug-likeness (QED) is 0.201. The molecular formula is C33H28O8. The number of esters is 3. The first-order valence-corrected chi connectivity index (χ1v) is 13.1. The van der Waals surface area contributed by atoms with Crippen LogP contribution >= 0.6 is 0 Å². The van der Waals surface area contributed by atoms with Crippen molar-refractivity contribution >= 4 is 17.9 Å². The third-order valence-corrected chi connectivity index (χ3v) is 6.42. The van der Waals surface area contributed by atoms with Gasteiger partial charge in [0, 0.05) is 5.56 Å². The molecule has 4 aromatic carbocycles.